The molecular weight excluding hydrogens is 462 g/mol. The number of benzene rings is 3. The van der Waals surface area contributed by atoms with E-state index in [2.05, 4.69) is 74.6 Å². The average Bonchev–Trinajstić information content (AvgIpc) is 3.32. The number of nitrogens with zero attached hydrogens (tertiary/aromatic N) is 2. The Labute approximate surface area is 216 Å². The number of carbonyl (C=O) groups excluding carboxylic acids is 1. The molecule has 0 aliphatic heterocycles. The van der Waals surface area contributed by atoms with Crippen molar-refractivity contribution in [1.29, 1.82) is 0 Å². The number of aromatic nitrogens is 2. The number of carbonyl (C=O) groups is 1. The first-order valence-electron chi connectivity index (χ1n) is 12.2. The lowest BCUT2D eigenvalue weighted by Crippen LogP contribution is -2.15. The van der Waals surface area contributed by atoms with Crippen molar-refractivity contribution >= 4 is 33.3 Å². The normalized spacial score (nSPS) is 11.2. The quantitative estimate of drug-likeness (QED) is 0.261. The first-order valence-corrected chi connectivity index (χ1v) is 13.1. The maximum atomic E-state index is 13.6. The van der Waals surface area contributed by atoms with Crippen LogP contribution in [0.3, 0.4) is 0 Å². The van der Waals surface area contributed by atoms with Crippen molar-refractivity contribution in [3.8, 4) is 22.5 Å². The van der Waals surface area contributed by atoms with E-state index >= 15 is 0 Å². The fraction of sp³-hybridized carbons (Fsp3) is 0.194. The summed E-state index contributed by atoms with van der Waals surface area (Å²) in [6.45, 7) is 8.47. The number of hydrogen-bond acceptors (Lipinski definition) is 4. The van der Waals surface area contributed by atoms with Gasteiger partial charge in [0.05, 0.1) is 22.5 Å². The van der Waals surface area contributed by atoms with Gasteiger partial charge in [0, 0.05) is 21.9 Å². The fourth-order valence-electron chi connectivity index (χ4n) is 4.50. The van der Waals surface area contributed by atoms with E-state index in [0.717, 1.165) is 45.4 Å². The number of pyridine rings is 1. The minimum Gasteiger partial charge on any atom is -0.298 e. The van der Waals surface area contributed by atoms with Crippen LogP contribution in [0.2, 0.25) is 0 Å². The van der Waals surface area contributed by atoms with Gasteiger partial charge < -0.3 is 0 Å². The van der Waals surface area contributed by atoms with Gasteiger partial charge in [-0.2, -0.15) is 0 Å². The second kappa shape index (κ2) is 10.0. The Morgan fingerprint density at radius 3 is 2.31 bits per heavy atom. The van der Waals surface area contributed by atoms with Crippen molar-refractivity contribution < 1.29 is 4.79 Å². The van der Waals surface area contributed by atoms with Crippen LogP contribution >= 0.6 is 11.3 Å². The zero-order chi connectivity index (χ0) is 25.2. The Balaban J connectivity index is 1.46. The Kier molecular flexibility index (Phi) is 6.66. The predicted octanol–water partition coefficient (Wildman–Crippen LogP) is 8.09. The van der Waals surface area contributed by atoms with Crippen molar-refractivity contribution in [3.63, 3.8) is 0 Å². The second-order valence-corrected chi connectivity index (χ2v) is 10.5. The van der Waals surface area contributed by atoms with Crippen LogP contribution in [0.15, 0.2) is 78.2 Å². The molecule has 0 aliphatic rings. The molecule has 1 N–H and O–H groups in total. The number of fused-ring (bicyclic) bond motifs is 1. The van der Waals surface area contributed by atoms with Gasteiger partial charge in [0.2, 0.25) is 0 Å². The van der Waals surface area contributed by atoms with Crippen LogP contribution in [0.4, 0.5) is 5.13 Å². The third-order valence-electron chi connectivity index (χ3n) is 6.31. The summed E-state index contributed by atoms with van der Waals surface area (Å²) >= 11 is 1.44. The lowest BCUT2D eigenvalue weighted by atomic mass is 9.97. The van der Waals surface area contributed by atoms with E-state index in [-0.39, 0.29) is 5.91 Å². The molecule has 0 saturated carbocycles. The van der Waals surface area contributed by atoms with E-state index < -0.39 is 0 Å². The maximum absolute atomic E-state index is 13.6. The number of hydrogen-bond donors (Lipinski definition) is 1. The molecule has 0 saturated heterocycles. The summed E-state index contributed by atoms with van der Waals surface area (Å²) in [4.78, 5) is 23.2. The minimum atomic E-state index is -0.173. The smallest absolute Gasteiger partial charge is 0.258 e. The number of thiazole rings is 1. The standard InChI is InChI=1S/C31H29N3OS/c1-19(2)17-22-11-15-23(16-12-22)27-18-36-31(33-27)34-30(35)28-21(4)29(24-13-9-20(3)10-14-24)32-26-8-6-5-7-25(26)28/h5-16,18-19H,17H2,1-4H3,(H,33,34,35). The summed E-state index contributed by atoms with van der Waals surface area (Å²) in [7, 11) is 0. The molecule has 0 unspecified atom stereocenters. The summed E-state index contributed by atoms with van der Waals surface area (Å²) < 4.78 is 0. The Morgan fingerprint density at radius 1 is 0.889 bits per heavy atom. The maximum Gasteiger partial charge on any atom is 0.258 e. The largest absolute Gasteiger partial charge is 0.298 e. The van der Waals surface area contributed by atoms with Gasteiger partial charge in [-0.1, -0.05) is 86.1 Å². The molecule has 0 atom stereocenters. The van der Waals surface area contributed by atoms with Crippen molar-refractivity contribution in [3.05, 3.63) is 100 Å². The van der Waals surface area contributed by atoms with Gasteiger partial charge in [-0.3, -0.25) is 10.1 Å². The summed E-state index contributed by atoms with van der Waals surface area (Å²) in [5.41, 5.74) is 8.51. The third-order valence-corrected chi connectivity index (χ3v) is 7.06. The molecule has 1 amide bonds. The topological polar surface area (TPSA) is 54.9 Å². The van der Waals surface area contributed by atoms with Gasteiger partial charge in [0.25, 0.3) is 5.91 Å². The number of para-hydroxylation sites is 1. The van der Waals surface area contributed by atoms with Gasteiger partial charge in [0.1, 0.15) is 0 Å². The van der Waals surface area contributed by atoms with Crippen LogP contribution in [0, 0.1) is 19.8 Å². The first-order chi connectivity index (χ1) is 17.4. The van der Waals surface area contributed by atoms with Gasteiger partial charge in [0.15, 0.2) is 5.13 Å². The molecule has 3 aromatic carbocycles. The summed E-state index contributed by atoms with van der Waals surface area (Å²) in [6.07, 6.45) is 1.06. The zero-order valence-electron chi connectivity index (χ0n) is 21.0. The van der Waals surface area contributed by atoms with Gasteiger partial charge in [-0.25, -0.2) is 9.97 Å². The molecule has 0 fully saturated rings. The van der Waals surface area contributed by atoms with Crippen LogP contribution in [0.1, 0.15) is 40.9 Å². The van der Waals surface area contributed by atoms with Crippen molar-refractivity contribution in [2.45, 2.75) is 34.1 Å². The molecule has 0 spiro atoms. The van der Waals surface area contributed by atoms with Gasteiger partial charge in [-0.05, 0) is 43.4 Å². The molecule has 36 heavy (non-hydrogen) atoms. The second-order valence-electron chi connectivity index (χ2n) is 9.63. The number of rotatable bonds is 6. The molecule has 2 heterocycles. The van der Waals surface area contributed by atoms with Crippen LogP contribution in [-0.2, 0) is 6.42 Å². The molecule has 5 aromatic rings. The fourth-order valence-corrected chi connectivity index (χ4v) is 5.21. The van der Waals surface area contributed by atoms with Crippen LogP contribution < -0.4 is 5.32 Å². The highest BCUT2D eigenvalue weighted by atomic mass is 32.1. The lowest BCUT2D eigenvalue weighted by molar-refractivity contribution is 0.102. The molecule has 2 aromatic heterocycles. The van der Waals surface area contributed by atoms with Gasteiger partial charge in [-0.15, -0.1) is 11.3 Å². The monoisotopic (exact) mass is 491 g/mol. The predicted molar refractivity (Wildman–Crippen MR) is 151 cm³/mol. The highest BCUT2D eigenvalue weighted by Crippen LogP contribution is 2.31. The van der Waals surface area contributed by atoms with Crippen LogP contribution in [0.5, 0.6) is 0 Å². The van der Waals surface area contributed by atoms with Crippen molar-refractivity contribution in [1.82, 2.24) is 9.97 Å². The number of amides is 1. The highest BCUT2D eigenvalue weighted by Gasteiger charge is 2.20. The van der Waals surface area contributed by atoms with E-state index in [4.69, 9.17) is 9.97 Å². The number of nitrogens with one attached hydrogen (secondary N) is 1. The Bertz CT molecular complexity index is 1530. The van der Waals surface area contributed by atoms with E-state index in [9.17, 15) is 4.79 Å². The molecule has 0 radical (unpaired) electrons. The van der Waals surface area contributed by atoms with E-state index in [1.807, 2.05) is 36.6 Å². The Hall–Kier alpha value is -3.83. The SMILES string of the molecule is Cc1ccc(-c2nc3ccccc3c(C(=O)Nc3nc(-c4ccc(CC(C)C)cc4)cs3)c2C)cc1. The summed E-state index contributed by atoms with van der Waals surface area (Å²) in [5, 5.41) is 6.45. The minimum absolute atomic E-state index is 0.173. The van der Waals surface area contributed by atoms with E-state index in [1.165, 1.54) is 22.5 Å². The van der Waals surface area contributed by atoms with Crippen LogP contribution in [0.25, 0.3) is 33.4 Å². The molecule has 0 bridgehead atoms. The first kappa shape index (κ1) is 23.9. The molecule has 0 aliphatic carbocycles. The summed E-state index contributed by atoms with van der Waals surface area (Å²) in [6, 6.07) is 24.6. The van der Waals surface area contributed by atoms with Crippen LogP contribution in [-0.4, -0.2) is 15.9 Å². The Morgan fingerprint density at radius 2 is 1.58 bits per heavy atom. The average molecular weight is 492 g/mol. The third kappa shape index (κ3) is 4.93. The molecule has 5 rings (SSSR count). The molecule has 4 nitrogen and oxygen atoms in total. The van der Waals surface area contributed by atoms with Crippen molar-refractivity contribution in [2.75, 3.05) is 5.32 Å². The van der Waals surface area contributed by atoms with Gasteiger partial charge >= 0.3 is 0 Å². The highest BCUT2D eigenvalue weighted by molar-refractivity contribution is 7.14. The molecule has 5 heteroatoms. The van der Waals surface area contributed by atoms with E-state index in [1.54, 1.807) is 0 Å². The molecule has 180 valence electrons. The zero-order valence-corrected chi connectivity index (χ0v) is 21.8. The summed E-state index contributed by atoms with van der Waals surface area (Å²) in [5.74, 6) is 0.448. The lowest BCUT2D eigenvalue weighted by Gasteiger charge is -2.14. The number of aryl methyl sites for hydroxylation is 1. The molecular formula is C31H29N3OS. The number of anilines is 1. The van der Waals surface area contributed by atoms with E-state index in [0.29, 0.717) is 16.6 Å². The van der Waals surface area contributed by atoms with Crippen molar-refractivity contribution in [2.24, 2.45) is 5.92 Å².